The summed E-state index contributed by atoms with van der Waals surface area (Å²) in [6.07, 6.45) is 4.05. The van der Waals surface area contributed by atoms with Gasteiger partial charge in [-0.05, 0) is 60.6 Å². The lowest BCUT2D eigenvalue weighted by Crippen LogP contribution is -2.36. The van der Waals surface area contributed by atoms with Gasteiger partial charge in [-0.25, -0.2) is 4.99 Å². The third-order valence-corrected chi connectivity index (χ3v) is 8.42. The Bertz CT molecular complexity index is 1760. The standard InChI is InChI=1S/C33H33N5O5/c1-21(39)37-17-14-24-18-26(10-9-25(24)20-37)34-32(31-28-19-27(38(42)43)11-12-29(28)35-33(31)41)23-7-5-22(6-8-23)13-16-36-15-3-2-4-30(36)40/h5-12,18-19,35,41H,2-4,13-17,20H2,1H3. The summed E-state index contributed by atoms with van der Waals surface area (Å²) < 4.78 is 0. The molecular formula is C33H33N5O5. The fraction of sp³-hybridized carbons (Fsp3) is 0.303. The van der Waals surface area contributed by atoms with Crippen molar-refractivity contribution in [2.24, 2.45) is 4.99 Å². The first-order valence-electron chi connectivity index (χ1n) is 14.6. The van der Waals surface area contributed by atoms with Crippen molar-refractivity contribution in [3.63, 3.8) is 0 Å². The van der Waals surface area contributed by atoms with Crippen LogP contribution in [0.25, 0.3) is 10.9 Å². The van der Waals surface area contributed by atoms with Crippen molar-refractivity contribution in [1.82, 2.24) is 14.8 Å². The lowest BCUT2D eigenvalue weighted by molar-refractivity contribution is -0.384. The number of nitrogens with one attached hydrogen (secondary N) is 1. The zero-order valence-corrected chi connectivity index (χ0v) is 24.0. The van der Waals surface area contributed by atoms with E-state index in [1.807, 2.05) is 52.3 Å². The Kier molecular flexibility index (Phi) is 7.67. The molecule has 220 valence electrons. The molecule has 0 saturated carbocycles. The number of aromatic nitrogens is 1. The number of amides is 2. The second kappa shape index (κ2) is 11.7. The number of fused-ring (bicyclic) bond motifs is 2. The second-order valence-corrected chi connectivity index (χ2v) is 11.2. The number of aliphatic imine (C=N–C) groups is 1. The van der Waals surface area contributed by atoms with Crippen LogP contribution in [0.4, 0.5) is 11.4 Å². The number of aromatic hydroxyl groups is 1. The summed E-state index contributed by atoms with van der Waals surface area (Å²) in [4.78, 5) is 46.9. The highest BCUT2D eigenvalue weighted by Gasteiger charge is 2.23. The minimum atomic E-state index is -0.459. The molecule has 6 rings (SSSR count). The molecule has 0 spiro atoms. The molecular weight excluding hydrogens is 546 g/mol. The van der Waals surface area contributed by atoms with E-state index in [-0.39, 0.29) is 23.4 Å². The number of rotatable bonds is 7. The van der Waals surface area contributed by atoms with E-state index in [0.717, 1.165) is 48.1 Å². The third-order valence-electron chi connectivity index (χ3n) is 8.42. The number of carbonyl (C=O) groups is 2. The highest BCUT2D eigenvalue weighted by molar-refractivity contribution is 6.22. The molecule has 2 aliphatic rings. The van der Waals surface area contributed by atoms with Gasteiger partial charge in [-0.15, -0.1) is 0 Å². The largest absolute Gasteiger partial charge is 0.494 e. The molecule has 3 aromatic carbocycles. The van der Waals surface area contributed by atoms with Gasteiger partial charge in [0.05, 0.1) is 21.9 Å². The topological polar surface area (TPSA) is 132 Å². The van der Waals surface area contributed by atoms with Crippen LogP contribution < -0.4 is 0 Å². The molecule has 43 heavy (non-hydrogen) atoms. The normalized spacial score (nSPS) is 15.6. The smallest absolute Gasteiger partial charge is 0.270 e. The summed E-state index contributed by atoms with van der Waals surface area (Å²) in [5.74, 6) is 0.127. The lowest BCUT2D eigenvalue weighted by atomic mass is 9.97. The van der Waals surface area contributed by atoms with E-state index >= 15 is 0 Å². The highest BCUT2D eigenvalue weighted by atomic mass is 16.6. The molecule has 3 heterocycles. The van der Waals surface area contributed by atoms with E-state index in [0.29, 0.717) is 60.3 Å². The molecule has 4 aromatic rings. The molecule has 0 radical (unpaired) electrons. The van der Waals surface area contributed by atoms with E-state index in [1.165, 1.54) is 12.1 Å². The first-order chi connectivity index (χ1) is 20.8. The maximum Gasteiger partial charge on any atom is 0.270 e. The van der Waals surface area contributed by atoms with Gasteiger partial charge in [0.1, 0.15) is 0 Å². The Morgan fingerprint density at radius 2 is 1.84 bits per heavy atom. The molecule has 10 nitrogen and oxygen atoms in total. The predicted octanol–water partition coefficient (Wildman–Crippen LogP) is 5.41. The Balaban J connectivity index is 1.38. The first-order valence-corrected chi connectivity index (χ1v) is 14.6. The highest BCUT2D eigenvalue weighted by Crippen LogP contribution is 2.34. The number of nitro benzene ring substituents is 1. The molecule has 1 fully saturated rings. The summed E-state index contributed by atoms with van der Waals surface area (Å²) in [5.41, 5.74) is 6.00. The van der Waals surface area contributed by atoms with E-state index in [4.69, 9.17) is 4.99 Å². The number of nitro groups is 1. The Hall–Kier alpha value is -4.99. The monoisotopic (exact) mass is 579 g/mol. The first kappa shape index (κ1) is 28.1. The van der Waals surface area contributed by atoms with Crippen molar-refractivity contribution in [3.05, 3.63) is 98.6 Å². The van der Waals surface area contributed by atoms with Crippen molar-refractivity contribution >= 4 is 39.8 Å². The van der Waals surface area contributed by atoms with Gasteiger partial charge in [-0.1, -0.05) is 30.3 Å². The van der Waals surface area contributed by atoms with Crippen LogP contribution in [-0.2, 0) is 29.0 Å². The number of likely N-dealkylation sites (tertiary alicyclic amines) is 1. The van der Waals surface area contributed by atoms with Crippen LogP contribution in [0.3, 0.4) is 0 Å². The zero-order chi connectivity index (χ0) is 30.1. The summed E-state index contributed by atoms with van der Waals surface area (Å²) in [7, 11) is 0. The predicted molar refractivity (Wildman–Crippen MR) is 164 cm³/mol. The van der Waals surface area contributed by atoms with Crippen molar-refractivity contribution < 1.29 is 19.6 Å². The number of non-ortho nitro benzene ring substituents is 1. The summed E-state index contributed by atoms with van der Waals surface area (Å²) in [6, 6.07) is 18.2. The Labute approximate surface area is 248 Å². The van der Waals surface area contributed by atoms with Gasteiger partial charge in [-0.3, -0.25) is 19.7 Å². The Morgan fingerprint density at radius 3 is 2.58 bits per heavy atom. The van der Waals surface area contributed by atoms with Gasteiger partial charge in [-0.2, -0.15) is 0 Å². The van der Waals surface area contributed by atoms with E-state index in [9.17, 15) is 24.8 Å². The maximum atomic E-state index is 12.2. The minimum Gasteiger partial charge on any atom is -0.494 e. The molecule has 2 N–H and O–H groups in total. The molecule has 2 aliphatic heterocycles. The van der Waals surface area contributed by atoms with Crippen LogP contribution in [0.2, 0.25) is 0 Å². The van der Waals surface area contributed by atoms with Crippen LogP contribution in [0.15, 0.2) is 65.7 Å². The van der Waals surface area contributed by atoms with Crippen LogP contribution in [0.5, 0.6) is 5.88 Å². The molecule has 0 aliphatic carbocycles. The molecule has 10 heteroatoms. The molecule has 2 amide bonds. The number of benzene rings is 3. The van der Waals surface area contributed by atoms with Gasteiger partial charge in [0.15, 0.2) is 5.88 Å². The number of aromatic amines is 1. The number of hydrogen-bond acceptors (Lipinski definition) is 6. The molecule has 1 saturated heterocycles. The molecule has 0 bridgehead atoms. The molecule has 1 aromatic heterocycles. The van der Waals surface area contributed by atoms with Crippen LogP contribution in [0.1, 0.15) is 54.0 Å². The van der Waals surface area contributed by atoms with E-state index in [2.05, 4.69) is 4.98 Å². The van der Waals surface area contributed by atoms with Crippen LogP contribution in [0, 0.1) is 10.1 Å². The quantitative estimate of drug-likeness (QED) is 0.172. The second-order valence-electron chi connectivity index (χ2n) is 11.2. The third kappa shape index (κ3) is 5.86. The molecule has 0 atom stereocenters. The SMILES string of the molecule is CC(=O)N1CCc2cc(N=C(c3ccc(CCN4CCCCC4=O)cc3)c3c(O)[nH]c4ccc([N+](=O)[O-])cc34)ccc2C1. The van der Waals surface area contributed by atoms with E-state index in [1.54, 1.807) is 13.0 Å². The minimum absolute atomic E-state index is 0.0462. The fourth-order valence-electron chi connectivity index (χ4n) is 5.98. The summed E-state index contributed by atoms with van der Waals surface area (Å²) >= 11 is 0. The van der Waals surface area contributed by atoms with Gasteiger partial charge < -0.3 is 19.9 Å². The van der Waals surface area contributed by atoms with Gasteiger partial charge in [0, 0.05) is 68.1 Å². The number of hydrogen-bond donors (Lipinski definition) is 2. The van der Waals surface area contributed by atoms with Crippen molar-refractivity contribution in [3.8, 4) is 5.88 Å². The maximum absolute atomic E-state index is 12.2. The number of piperidine rings is 1. The average molecular weight is 580 g/mol. The van der Waals surface area contributed by atoms with Gasteiger partial charge in [0.2, 0.25) is 11.8 Å². The van der Waals surface area contributed by atoms with Crippen molar-refractivity contribution in [2.75, 3.05) is 19.6 Å². The van der Waals surface area contributed by atoms with Crippen LogP contribution in [-0.4, -0.2) is 62.0 Å². The number of nitrogens with zero attached hydrogens (tertiary/aromatic N) is 4. The van der Waals surface area contributed by atoms with Crippen LogP contribution >= 0.6 is 0 Å². The zero-order valence-electron chi connectivity index (χ0n) is 24.0. The average Bonchev–Trinajstić information content (AvgIpc) is 3.34. The fourth-order valence-corrected chi connectivity index (χ4v) is 5.98. The molecule has 0 unspecified atom stereocenters. The lowest BCUT2D eigenvalue weighted by Gasteiger charge is -2.28. The summed E-state index contributed by atoms with van der Waals surface area (Å²) in [5, 5.41) is 23.1. The number of carbonyl (C=O) groups excluding carboxylic acids is 2. The van der Waals surface area contributed by atoms with Crippen molar-refractivity contribution in [1.29, 1.82) is 0 Å². The Morgan fingerprint density at radius 1 is 1.02 bits per heavy atom. The van der Waals surface area contributed by atoms with E-state index < -0.39 is 4.92 Å². The van der Waals surface area contributed by atoms with Gasteiger partial charge >= 0.3 is 0 Å². The summed E-state index contributed by atoms with van der Waals surface area (Å²) in [6.45, 7) is 4.24. The van der Waals surface area contributed by atoms with Gasteiger partial charge in [0.25, 0.3) is 5.69 Å². The number of H-pyrrole nitrogens is 1. The van der Waals surface area contributed by atoms with Crippen molar-refractivity contribution in [2.45, 2.75) is 45.6 Å².